The maximum absolute atomic E-state index is 5.71. The van der Waals surface area contributed by atoms with Crippen LogP contribution < -0.4 is 15.2 Å². The van der Waals surface area contributed by atoms with Crippen LogP contribution in [0.2, 0.25) is 0 Å². The molecule has 1 aromatic carbocycles. The molecule has 0 saturated carbocycles. The number of aromatic amines is 1. The molecule has 2 aromatic heterocycles. The second kappa shape index (κ2) is 4.73. The molecular formula is C14H14N4O2. The summed E-state index contributed by atoms with van der Waals surface area (Å²) in [7, 11) is 3.22. The van der Waals surface area contributed by atoms with Crippen LogP contribution in [-0.2, 0) is 0 Å². The number of aromatic nitrogens is 3. The van der Waals surface area contributed by atoms with Gasteiger partial charge in [-0.25, -0.2) is 9.97 Å². The number of nitrogens with two attached hydrogens (primary N) is 1. The summed E-state index contributed by atoms with van der Waals surface area (Å²) in [4.78, 5) is 11.8. The summed E-state index contributed by atoms with van der Waals surface area (Å²) in [6.45, 7) is 0. The minimum absolute atomic E-state index is 0.593. The van der Waals surface area contributed by atoms with E-state index in [1.165, 1.54) is 0 Å². The number of pyridine rings is 1. The summed E-state index contributed by atoms with van der Waals surface area (Å²) >= 11 is 0. The van der Waals surface area contributed by atoms with Gasteiger partial charge in [-0.15, -0.1) is 0 Å². The number of hydrogen-bond donors (Lipinski definition) is 2. The normalized spacial score (nSPS) is 10.7. The Hall–Kier alpha value is -2.76. The molecule has 3 rings (SSSR count). The molecule has 0 aliphatic carbocycles. The first-order valence-electron chi connectivity index (χ1n) is 6.04. The van der Waals surface area contributed by atoms with Crippen LogP contribution in [0, 0.1) is 0 Å². The number of methoxy groups -OCH3 is 2. The van der Waals surface area contributed by atoms with Crippen LogP contribution in [0.25, 0.3) is 22.6 Å². The summed E-state index contributed by atoms with van der Waals surface area (Å²) in [6.07, 6.45) is 1.58. The molecule has 0 amide bonds. The fraction of sp³-hybridized carbons (Fsp3) is 0.143. The minimum Gasteiger partial charge on any atom is -0.497 e. The smallest absolute Gasteiger partial charge is 0.178 e. The monoisotopic (exact) mass is 270 g/mol. The number of hydrogen-bond acceptors (Lipinski definition) is 5. The quantitative estimate of drug-likeness (QED) is 0.762. The lowest BCUT2D eigenvalue weighted by Gasteiger charge is -2.06. The lowest BCUT2D eigenvalue weighted by atomic mass is 10.2. The Morgan fingerprint density at radius 1 is 1.05 bits per heavy atom. The third-order valence-corrected chi connectivity index (χ3v) is 2.98. The maximum Gasteiger partial charge on any atom is 0.178 e. The average molecular weight is 270 g/mol. The lowest BCUT2D eigenvalue weighted by Crippen LogP contribution is -1.89. The van der Waals surface area contributed by atoms with Gasteiger partial charge in [-0.05, 0) is 18.2 Å². The van der Waals surface area contributed by atoms with Crippen LogP contribution in [0.1, 0.15) is 0 Å². The first kappa shape index (κ1) is 12.3. The van der Waals surface area contributed by atoms with E-state index in [0.717, 1.165) is 11.1 Å². The zero-order valence-corrected chi connectivity index (χ0v) is 11.2. The Labute approximate surface area is 115 Å². The lowest BCUT2D eigenvalue weighted by molar-refractivity contribution is 0.394. The van der Waals surface area contributed by atoms with Gasteiger partial charge in [0, 0.05) is 11.6 Å². The van der Waals surface area contributed by atoms with E-state index in [0.29, 0.717) is 28.7 Å². The van der Waals surface area contributed by atoms with Crippen molar-refractivity contribution in [1.29, 1.82) is 0 Å². The molecule has 20 heavy (non-hydrogen) atoms. The fourth-order valence-electron chi connectivity index (χ4n) is 2.00. The molecule has 0 atom stereocenters. The summed E-state index contributed by atoms with van der Waals surface area (Å²) in [5.74, 6) is 2.09. The molecule has 0 fully saturated rings. The highest BCUT2D eigenvalue weighted by molar-refractivity contribution is 5.78. The first-order chi connectivity index (χ1) is 9.69. The van der Waals surface area contributed by atoms with Crippen molar-refractivity contribution in [3.8, 4) is 22.9 Å². The standard InChI is InChI=1S/C14H14N4O2/c1-19-10-3-8(4-11(6-10)20-2)13-17-12-5-9(15)7-16-14(12)18-13/h3-7H,15H2,1-2H3,(H,16,17,18). The molecule has 0 aliphatic rings. The van der Waals surface area contributed by atoms with Gasteiger partial charge in [0.25, 0.3) is 0 Å². The summed E-state index contributed by atoms with van der Waals surface area (Å²) in [5.41, 5.74) is 8.58. The van der Waals surface area contributed by atoms with Gasteiger partial charge in [0.1, 0.15) is 17.3 Å². The molecule has 0 unspecified atom stereocenters. The number of imidazole rings is 1. The largest absolute Gasteiger partial charge is 0.497 e. The van der Waals surface area contributed by atoms with Gasteiger partial charge in [0.2, 0.25) is 0 Å². The highest BCUT2D eigenvalue weighted by atomic mass is 16.5. The van der Waals surface area contributed by atoms with Gasteiger partial charge in [-0.3, -0.25) is 0 Å². The van der Waals surface area contributed by atoms with E-state index < -0.39 is 0 Å². The molecule has 0 spiro atoms. The van der Waals surface area contributed by atoms with Crippen LogP contribution in [0.15, 0.2) is 30.5 Å². The van der Waals surface area contributed by atoms with E-state index in [-0.39, 0.29) is 0 Å². The zero-order valence-electron chi connectivity index (χ0n) is 11.2. The van der Waals surface area contributed by atoms with Crippen molar-refractivity contribution in [2.24, 2.45) is 0 Å². The van der Waals surface area contributed by atoms with Crippen molar-refractivity contribution in [2.45, 2.75) is 0 Å². The number of fused-ring (bicyclic) bond motifs is 1. The van der Waals surface area contributed by atoms with E-state index in [1.54, 1.807) is 26.5 Å². The van der Waals surface area contributed by atoms with E-state index in [4.69, 9.17) is 15.2 Å². The molecule has 3 N–H and O–H groups in total. The fourth-order valence-corrected chi connectivity index (χ4v) is 2.00. The molecule has 102 valence electrons. The van der Waals surface area contributed by atoms with E-state index >= 15 is 0 Å². The van der Waals surface area contributed by atoms with Crippen molar-refractivity contribution in [1.82, 2.24) is 15.0 Å². The molecule has 6 heteroatoms. The molecule has 6 nitrogen and oxygen atoms in total. The number of rotatable bonds is 3. The molecular weight excluding hydrogens is 256 g/mol. The Bertz CT molecular complexity index is 745. The van der Waals surface area contributed by atoms with E-state index in [1.807, 2.05) is 18.2 Å². The van der Waals surface area contributed by atoms with Gasteiger partial charge in [-0.2, -0.15) is 0 Å². The predicted molar refractivity (Wildman–Crippen MR) is 76.8 cm³/mol. The third-order valence-electron chi connectivity index (χ3n) is 2.98. The van der Waals surface area contributed by atoms with Crippen molar-refractivity contribution in [2.75, 3.05) is 20.0 Å². The van der Waals surface area contributed by atoms with Crippen molar-refractivity contribution in [3.63, 3.8) is 0 Å². The maximum atomic E-state index is 5.71. The number of anilines is 1. The number of nitrogens with one attached hydrogen (secondary N) is 1. The van der Waals surface area contributed by atoms with Gasteiger partial charge in [0.05, 0.1) is 31.6 Å². The Kier molecular flexibility index (Phi) is 2.90. The van der Waals surface area contributed by atoms with Gasteiger partial charge < -0.3 is 20.2 Å². The molecule has 0 radical (unpaired) electrons. The second-order valence-electron chi connectivity index (χ2n) is 4.33. The SMILES string of the molecule is COc1cc(OC)cc(-c2nc3ncc(N)cc3[nH]2)c1. The van der Waals surface area contributed by atoms with E-state index in [2.05, 4.69) is 15.0 Å². The second-order valence-corrected chi connectivity index (χ2v) is 4.33. The van der Waals surface area contributed by atoms with Crippen molar-refractivity contribution < 1.29 is 9.47 Å². The number of ether oxygens (including phenoxy) is 2. The Balaban J connectivity index is 2.14. The molecule has 0 aliphatic heterocycles. The van der Waals surface area contributed by atoms with Gasteiger partial charge in [-0.1, -0.05) is 0 Å². The topological polar surface area (TPSA) is 86.1 Å². The number of H-pyrrole nitrogens is 1. The number of benzene rings is 1. The molecule has 2 heterocycles. The molecule has 3 aromatic rings. The Morgan fingerprint density at radius 3 is 2.40 bits per heavy atom. The summed E-state index contributed by atoms with van der Waals surface area (Å²) in [5, 5.41) is 0. The van der Waals surface area contributed by atoms with Crippen molar-refractivity contribution >= 4 is 16.9 Å². The zero-order chi connectivity index (χ0) is 14.1. The van der Waals surface area contributed by atoms with Gasteiger partial charge >= 0.3 is 0 Å². The summed E-state index contributed by atoms with van der Waals surface area (Å²) in [6, 6.07) is 7.37. The Morgan fingerprint density at radius 2 is 1.75 bits per heavy atom. The number of nitrogens with zero attached hydrogens (tertiary/aromatic N) is 2. The van der Waals surface area contributed by atoms with Crippen molar-refractivity contribution in [3.05, 3.63) is 30.5 Å². The highest BCUT2D eigenvalue weighted by Crippen LogP contribution is 2.29. The van der Waals surface area contributed by atoms with E-state index in [9.17, 15) is 0 Å². The van der Waals surface area contributed by atoms with Crippen LogP contribution in [-0.4, -0.2) is 29.2 Å². The van der Waals surface area contributed by atoms with Crippen LogP contribution >= 0.6 is 0 Å². The highest BCUT2D eigenvalue weighted by Gasteiger charge is 2.09. The first-order valence-corrected chi connectivity index (χ1v) is 6.04. The van der Waals surface area contributed by atoms with Crippen LogP contribution in [0.5, 0.6) is 11.5 Å². The predicted octanol–water partition coefficient (Wildman–Crippen LogP) is 2.22. The van der Waals surface area contributed by atoms with Crippen LogP contribution in [0.3, 0.4) is 0 Å². The average Bonchev–Trinajstić information content (AvgIpc) is 2.89. The van der Waals surface area contributed by atoms with Gasteiger partial charge in [0.15, 0.2) is 5.65 Å². The molecule has 0 saturated heterocycles. The minimum atomic E-state index is 0.593. The number of nitrogen functional groups attached to an aromatic ring is 1. The summed E-state index contributed by atoms with van der Waals surface area (Å²) < 4.78 is 10.5. The van der Waals surface area contributed by atoms with Crippen LogP contribution in [0.4, 0.5) is 5.69 Å². The molecule has 0 bridgehead atoms. The third kappa shape index (κ3) is 2.11.